The molecule has 6 aromatic carbocycles. The van der Waals surface area contributed by atoms with Crippen LogP contribution in [-0.2, 0) is 6.42 Å². The molecule has 6 aromatic rings. The van der Waals surface area contributed by atoms with Crippen LogP contribution in [-0.4, -0.2) is 0 Å². The minimum atomic E-state index is 0.380. The van der Waals surface area contributed by atoms with Crippen LogP contribution in [0.1, 0.15) is 36.0 Å². The summed E-state index contributed by atoms with van der Waals surface area (Å²) in [7, 11) is 0. The van der Waals surface area contributed by atoms with Gasteiger partial charge in [-0.1, -0.05) is 134 Å². The molecule has 0 saturated carbocycles. The van der Waals surface area contributed by atoms with Crippen LogP contribution in [0.3, 0.4) is 0 Å². The Morgan fingerprint density at radius 3 is 1.80 bits per heavy atom. The molecule has 7 rings (SSSR count). The summed E-state index contributed by atoms with van der Waals surface area (Å²) in [5.74, 6) is 0.380. The first-order valence-corrected chi connectivity index (χ1v) is 15.9. The van der Waals surface area contributed by atoms with Crippen molar-refractivity contribution in [3.63, 3.8) is 0 Å². The first kappa shape index (κ1) is 28.4. The Balaban J connectivity index is 1.25. The number of rotatable bonds is 7. The molecule has 0 bridgehead atoms. The van der Waals surface area contributed by atoms with Crippen LogP contribution in [0.25, 0.3) is 33.4 Å². The van der Waals surface area contributed by atoms with Crippen molar-refractivity contribution in [1.29, 1.82) is 0 Å². The lowest BCUT2D eigenvalue weighted by molar-refractivity contribution is 0.726. The minimum absolute atomic E-state index is 0.380. The molecule has 1 unspecified atom stereocenters. The molecule has 1 nitrogen and oxygen atoms in total. The van der Waals surface area contributed by atoms with Crippen LogP contribution in [0, 0.1) is 0 Å². The molecule has 1 atom stereocenters. The molecule has 0 aliphatic heterocycles. The molecule has 1 aliphatic carbocycles. The second-order valence-corrected chi connectivity index (χ2v) is 11.7. The van der Waals surface area contributed by atoms with Crippen LogP contribution in [0.4, 0.5) is 11.4 Å². The van der Waals surface area contributed by atoms with Crippen molar-refractivity contribution in [3.8, 4) is 33.4 Å². The molecule has 0 spiro atoms. The third kappa shape index (κ3) is 5.66. The summed E-state index contributed by atoms with van der Waals surface area (Å²) in [4.78, 5) is 2.27. The summed E-state index contributed by atoms with van der Waals surface area (Å²) < 4.78 is 0. The number of fused-ring (bicyclic) bond motifs is 3. The van der Waals surface area contributed by atoms with E-state index in [0.29, 0.717) is 5.92 Å². The fraction of sp³-hybridized carbons (Fsp3) is 0.0909. The van der Waals surface area contributed by atoms with Crippen molar-refractivity contribution in [2.75, 3.05) is 4.90 Å². The Kier molecular flexibility index (Phi) is 8.00. The Hall–Kier alpha value is -5.40. The predicted octanol–water partition coefficient (Wildman–Crippen LogP) is 12.0. The monoisotopic (exact) mass is 579 g/mol. The highest BCUT2D eigenvalue weighted by Gasteiger charge is 2.24. The van der Waals surface area contributed by atoms with Gasteiger partial charge in [-0.15, -0.1) is 0 Å². The van der Waals surface area contributed by atoms with Gasteiger partial charge < -0.3 is 4.90 Å². The van der Waals surface area contributed by atoms with Crippen LogP contribution < -0.4 is 4.90 Å². The zero-order valence-corrected chi connectivity index (χ0v) is 25.7. The number of benzene rings is 6. The van der Waals surface area contributed by atoms with Gasteiger partial charge in [0.25, 0.3) is 0 Å². The predicted molar refractivity (Wildman–Crippen MR) is 192 cm³/mol. The molecular formula is C44H37N. The van der Waals surface area contributed by atoms with E-state index in [1.54, 1.807) is 0 Å². The van der Waals surface area contributed by atoms with Gasteiger partial charge in [0.2, 0.25) is 0 Å². The third-order valence-electron chi connectivity index (χ3n) is 9.10. The average Bonchev–Trinajstić information content (AvgIpc) is 3.28. The minimum Gasteiger partial charge on any atom is -0.311 e. The van der Waals surface area contributed by atoms with Gasteiger partial charge in [-0.3, -0.25) is 0 Å². The zero-order chi connectivity index (χ0) is 30.6. The van der Waals surface area contributed by atoms with Gasteiger partial charge in [0.1, 0.15) is 0 Å². The first-order chi connectivity index (χ1) is 22.2. The van der Waals surface area contributed by atoms with Crippen LogP contribution in [0.2, 0.25) is 0 Å². The summed E-state index contributed by atoms with van der Waals surface area (Å²) in [6, 6.07) is 55.2. The van der Waals surface area contributed by atoms with Crippen LogP contribution >= 0.6 is 0 Å². The Labute approximate surface area is 267 Å². The summed E-state index contributed by atoms with van der Waals surface area (Å²) >= 11 is 0. The molecule has 0 heterocycles. The maximum atomic E-state index is 4.12. The van der Waals surface area contributed by atoms with Crippen molar-refractivity contribution < 1.29 is 0 Å². The highest BCUT2D eigenvalue weighted by Crippen LogP contribution is 2.43. The van der Waals surface area contributed by atoms with Crippen molar-refractivity contribution in [3.05, 3.63) is 193 Å². The number of hydrogen-bond acceptors (Lipinski definition) is 1. The quantitative estimate of drug-likeness (QED) is 0.170. The number of hydrogen-bond donors (Lipinski definition) is 0. The molecular weight excluding hydrogens is 542 g/mol. The average molecular weight is 580 g/mol. The Morgan fingerprint density at radius 2 is 1.16 bits per heavy atom. The summed E-state index contributed by atoms with van der Waals surface area (Å²) in [5.41, 5.74) is 15.1. The topological polar surface area (TPSA) is 3.24 Å². The van der Waals surface area contributed by atoms with Gasteiger partial charge in [0.15, 0.2) is 0 Å². The van der Waals surface area contributed by atoms with E-state index < -0.39 is 0 Å². The molecule has 45 heavy (non-hydrogen) atoms. The van der Waals surface area contributed by atoms with E-state index in [0.717, 1.165) is 29.9 Å². The number of anilines is 2. The smallest absolute Gasteiger partial charge is 0.0461 e. The fourth-order valence-corrected chi connectivity index (χ4v) is 6.78. The lowest BCUT2D eigenvalue weighted by Gasteiger charge is -2.26. The highest BCUT2D eigenvalue weighted by molar-refractivity contribution is 5.81. The summed E-state index contributed by atoms with van der Waals surface area (Å²) in [6.07, 6.45) is 6.22. The molecule has 0 radical (unpaired) electrons. The molecule has 0 amide bonds. The molecule has 0 aromatic heterocycles. The molecule has 0 saturated heterocycles. The maximum absolute atomic E-state index is 4.12. The van der Waals surface area contributed by atoms with Gasteiger partial charge in [-0.05, 0) is 106 Å². The van der Waals surface area contributed by atoms with Gasteiger partial charge >= 0.3 is 0 Å². The molecule has 218 valence electrons. The second-order valence-electron chi connectivity index (χ2n) is 11.7. The van der Waals surface area contributed by atoms with Crippen molar-refractivity contribution in [2.24, 2.45) is 0 Å². The zero-order valence-electron chi connectivity index (χ0n) is 25.7. The normalized spacial score (nSPS) is 14.2. The molecule has 0 N–H and O–H groups in total. The second kappa shape index (κ2) is 12.7. The number of allylic oxidation sites excluding steroid dienone is 2. The van der Waals surface area contributed by atoms with E-state index in [-0.39, 0.29) is 0 Å². The van der Waals surface area contributed by atoms with Crippen molar-refractivity contribution >= 4 is 11.4 Å². The summed E-state index contributed by atoms with van der Waals surface area (Å²) in [5, 5.41) is 0. The van der Waals surface area contributed by atoms with Gasteiger partial charge in [-0.25, -0.2) is 0 Å². The Bertz CT molecular complexity index is 1950. The van der Waals surface area contributed by atoms with Crippen LogP contribution in [0.5, 0.6) is 0 Å². The van der Waals surface area contributed by atoms with Gasteiger partial charge in [0.05, 0.1) is 0 Å². The van der Waals surface area contributed by atoms with Gasteiger partial charge in [-0.2, -0.15) is 0 Å². The lowest BCUT2D eigenvalue weighted by atomic mass is 9.84. The lowest BCUT2D eigenvalue weighted by Crippen LogP contribution is -2.14. The van der Waals surface area contributed by atoms with E-state index in [1.165, 1.54) is 50.1 Å². The number of nitrogens with zero attached hydrogens (tertiary/aromatic N) is 1. The number of aryl methyl sites for hydroxylation is 1. The molecule has 1 aliphatic rings. The van der Waals surface area contributed by atoms with Crippen LogP contribution in [0.15, 0.2) is 176 Å². The SMILES string of the molecule is C=C/C(=C\C)N(c1ccc(-c2ccccc2)cc1)c1ccc(-c2ccc3c(c2)-c2ccccc2CCC3c2ccccc2)cc1. The maximum Gasteiger partial charge on any atom is 0.0461 e. The van der Waals surface area contributed by atoms with Crippen molar-refractivity contribution in [1.82, 2.24) is 0 Å². The van der Waals surface area contributed by atoms with Crippen molar-refractivity contribution in [2.45, 2.75) is 25.7 Å². The molecule has 1 heteroatoms. The highest BCUT2D eigenvalue weighted by atomic mass is 15.1. The first-order valence-electron chi connectivity index (χ1n) is 15.9. The van der Waals surface area contributed by atoms with E-state index in [4.69, 9.17) is 0 Å². The Morgan fingerprint density at radius 1 is 0.600 bits per heavy atom. The molecule has 0 fully saturated rings. The standard InChI is InChI=1S/C44H37N/c1-3-38(4-2)45(39-25-19-33(20-26-39)32-13-7-5-8-14-32)40-27-21-34(22-28-40)37-24-30-43-42(35-15-9-6-10-16-35)29-23-36-17-11-12-18-41(36)44(43)31-37/h3-22,24-28,30-31,42H,1,23,29H2,2H3/b38-4+. The van der Waals surface area contributed by atoms with Gasteiger partial charge in [0, 0.05) is 23.0 Å². The third-order valence-corrected chi connectivity index (χ3v) is 9.10. The fourth-order valence-electron chi connectivity index (χ4n) is 6.78. The van der Waals surface area contributed by atoms with E-state index in [2.05, 4.69) is 176 Å². The largest absolute Gasteiger partial charge is 0.311 e. The van der Waals surface area contributed by atoms with E-state index in [1.807, 2.05) is 6.08 Å². The van der Waals surface area contributed by atoms with E-state index in [9.17, 15) is 0 Å². The van der Waals surface area contributed by atoms with E-state index >= 15 is 0 Å². The summed E-state index contributed by atoms with van der Waals surface area (Å²) in [6.45, 7) is 6.18.